The highest BCUT2D eigenvalue weighted by atomic mass is 16.3. The second kappa shape index (κ2) is 2.24. The summed E-state index contributed by atoms with van der Waals surface area (Å²) < 4.78 is 0. The second-order valence-electron chi connectivity index (χ2n) is 2.94. The molecule has 2 rings (SSSR count). The fourth-order valence-corrected chi connectivity index (χ4v) is 1.52. The highest BCUT2D eigenvalue weighted by Gasteiger charge is 2.13. The lowest BCUT2D eigenvalue weighted by atomic mass is 10.0. The SMILES string of the molecule is Cc1cc(O)cc2c1C[N]C2. The molecular formula is C9H10NO. The number of hydrogen-bond donors (Lipinski definition) is 1. The number of rotatable bonds is 0. The average molecular weight is 148 g/mol. The van der Waals surface area contributed by atoms with Crippen molar-refractivity contribution >= 4 is 0 Å². The van der Waals surface area contributed by atoms with E-state index in [-0.39, 0.29) is 0 Å². The molecule has 0 saturated carbocycles. The van der Waals surface area contributed by atoms with E-state index in [0.29, 0.717) is 5.75 Å². The summed E-state index contributed by atoms with van der Waals surface area (Å²) in [5.41, 5.74) is 3.63. The molecule has 0 fully saturated rings. The molecule has 1 aliphatic heterocycles. The van der Waals surface area contributed by atoms with Crippen LogP contribution in [0.25, 0.3) is 0 Å². The Kier molecular flexibility index (Phi) is 1.36. The van der Waals surface area contributed by atoms with Crippen molar-refractivity contribution < 1.29 is 5.11 Å². The van der Waals surface area contributed by atoms with Crippen LogP contribution in [0.3, 0.4) is 0 Å². The third-order valence-electron chi connectivity index (χ3n) is 2.10. The van der Waals surface area contributed by atoms with Gasteiger partial charge in [-0.3, -0.25) is 0 Å². The van der Waals surface area contributed by atoms with Gasteiger partial charge in [0.1, 0.15) is 5.75 Å². The predicted octanol–water partition coefficient (Wildman–Crippen LogP) is 1.32. The van der Waals surface area contributed by atoms with E-state index in [1.807, 2.05) is 6.92 Å². The van der Waals surface area contributed by atoms with Crippen molar-refractivity contribution in [3.8, 4) is 5.75 Å². The molecule has 57 valence electrons. The molecule has 1 aromatic carbocycles. The summed E-state index contributed by atoms with van der Waals surface area (Å²) in [5.74, 6) is 0.360. The normalized spacial score (nSPS) is 15.0. The molecule has 0 aliphatic carbocycles. The summed E-state index contributed by atoms with van der Waals surface area (Å²) >= 11 is 0. The molecular weight excluding hydrogens is 138 g/mol. The first-order valence-corrected chi connectivity index (χ1v) is 3.72. The summed E-state index contributed by atoms with van der Waals surface area (Å²) in [6.07, 6.45) is 0. The molecule has 1 N–H and O–H groups in total. The first kappa shape index (κ1) is 6.68. The van der Waals surface area contributed by atoms with Gasteiger partial charge in [0, 0.05) is 13.1 Å². The minimum Gasteiger partial charge on any atom is -0.508 e. The number of phenols is 1. The highest BCUT2D eigenvalue weighted by Crippen LogP contribution is 2.25. The largest absolute Gasteiger partial charge is 0.508 e. The number of phenolic OH excluding ortho intramolecular Hbond substituents is 1. The number of nitrogens with zero attached hydrogens (tertiary/aromatic N) is 1. The first-order chi connectivity index (χ1) is 5.27. The maximum absolute atomic E-state index is 9.24. The Morgan fingerprint density at radius 1 is 1.36 bits per heavy atom. The zero-order valence-corrected chi connectivity index (χ0v) is 6.46. The van der Waals surface area contributed by atoms with Gasteiger partial charge in [0.25, 0.3) is 0 Å². The van der Waals surface area contributed by atoms with Crippen LogP contribution in [0.15, 0.2) is 12.1 Å². The fourth-order valence-electron chi connectivity index (χ4n) is 1.52. The van der Waals surface area contributed by atoms with Crippen LogP contribution in [-0.2, 0) is 13.1 Å². The molecule has 0 atom stereocenters. The van der Waals surface area contributed by atoms with E-state index < -0.39 is 0 Å². The van der Waals surface area contributed by atoms with Crippen LogP contribution in [-0.4, -0.2) is 5.11 Å². The van der Waals surface area contributed by atoms with Crippen molar-refractivity contribution in [2.75, 3.05) is 0 Å². The van der Waals surface area contributed by atoms with Crippen molar-refractivity contribution in [2.24, 2.45) is 0 Å². The Morgan fingerprint density at radius 2 is 2.18 bits per heavy atom. The molecule has 0 saturated heterocycles. The van der Waals surface area contributed by atoms with Gasteiger partial charge in [-0.05, 0) is 35.7 Å². The lowest BCUT2D eigenvalue weighted by Crippen LogP contribution is -1.89. The van der Waals surface area contributed by atoms with E-state index in [0.717, 1.165) is 18.7 Å². The molecule has 0 bridgehead atoms. The minimum absolute atomic E-state index is 0.360. The van der Waals surface area contributed by atoms with Gasteiger partial charge in [-0.2, -0.15) is 0 Å². The van der Waals surface area contributed by atoms with Crippen LogP contribution in [0, 0.1) is 6.92 Å². The third kappa shape index (κ3) is 0.994. The van der Waals surface area contributed by atoms with Gasteiger partial charge < -0.3 is 5.11 Å². The predicted molar refractivity (Wildman–Crippen MR) is 42.4 cm³/mol. The molecule has 1 heterocycles. The van der Waals surface area contributed by atoms with Crippen molar-refractivity contribution in [1.82, 2.24) is 5.32 Å². The molecule has 2 nitrogen and oxygen atoms in total. The minimum atomic E-state index is 0.360. The molecule has 0 unspecified atom stereocenters. The van der Waals surface area contributed by atoms with Gasteiger partial charge in [-0.25, -0.2) is 5.32 Å². The van der Waals surface area contributed by atoms with Crippen LogP contribution in [0.4, 0.5) is 0 Å². The summed E-state index contributed by atoms with van der Waals surface area (Å²) in [7, 11) is 0. The molecule has 1 radical (unpaired) electrons. The Labute approximate surface area is 65.9 Å². The van der Waals surface area contributed by atoms with E-state index in [4.69, 9.17) is 0 Å². The van der Waals surface area contributed by atoms with E-state index in [9.17, 15) is 5.11 Å². The van der Waals surface area contributed by atoms with Crippen molar-refractivity contribution in [2.45, 2.75) is 20.0 Å². The monoisotopic (exact) mass is 148 g/mol. The zero-order chi connectivity index (χ0) is 7.84. The van der Waals surface area contributed by atoms with Gasteiger partial charge in [0.2, 0.25) is 0 Å². The van der Waals surface area contributed by atoms with Gasteiger partial charge >= 0.3 is 0 Å². The Morgan fingerprint density at radius 3 is 3.00 bits per heavy atom. The molecule has 0 amide bonds. The van der Waals surface area contributed by atoms with Crippen LogP contribution >= 0.6 is 0 Å². The van der Waals surface area contributed by atoms with Crippen LogP contribution in [0.5, 0.6) is 5.75 Å². The molecule has 0 aromatic heterocycles. The quantitative estimate of drug-likeness (QED) is 0.591. The van der Waals surface area contributed by atoms with Gasteiger partial charge in [0.05, 0.1) is 0 Å². The Balaban J connectivity index is 2.60. The number of fused-ring (bicyclic) bond motifs is 1. The van der Waals surface area contributed by atoms with E-state index in [1.165, 1.54) is 11.1 Å². The van der Waals surface area contributed by atoms with Crippen molar-refractivity contribution in [3.05, 3.63) is 28.8 Å². The smallest absolute Gasteiger partial charge is 0.116 e. The van der Waals surface area contributed by atoms with Gasteiger partial charge in [-0.1, -0.05) is 0 Å². The number of benzene rings is 1. The third-order valence-corrected chi connectivity index (χ3v) is 2.10. The zero-order valence-electron chi connectivity index (χ0n) is 6.46. The highest BCUT2D eigenvalue weighted by molar-refractivity contribution is 5.42. The molecule has 11 heavy (non-hydrogen) atoms. The fraction of sp³-hybridized carbons (Fsp3) is 0.333. The molecule has 1 aromatic rings. The Bertz CT molecular complexity index is 294. The summed E-state index contributed by atoms with van der Waals surface area (Å²) in [6, 6.07) is 3.60. The number of aryl methyl sites for hydroxylation is 1. The molecule has 2 heteroatoms. The summed E-state index contributed by atoms with van der Waals surface area (Å²) in [5, 5.41) is 13.5. The van der Waals surface area contributed by atoms with Crippen molar-refractivity contribution in [3.63, 3.8) is 0 Å². The van der Waals surface area contributed by atoms with E-state index in [2.05, 4.69) is 5.32 Å². The van der Waals surface area contributed by atoms with Crippen LogP contribution < -0.4 is 5.32 Å². The second-order valence-corrected chi connectivity index (χ2v) is 2.94. The lowest BCUT2D eigenvalue weighted by molar-refractivity contribution is 0.474. The summed E-state index contributed by atoms with van der Waals surface area (Å²) in [4.78, 5) is 0. The first-order valence-electron chi connectivity index (χ1n) is 3.72. The van der Waals surface area contributed by atoms with Gasteiger partial charge in [-0.15, -0.1) is 0 Å². The maximum Gasteiger partial charge on any atom is 0.116 e. The van der Waals surface area contributed by atoms with Gasteiger partial charge in [0.15, 0.2) is 0 Å². The topological polar surface area (TPSA) is 34.3 Å². The molecule has 1 aliphatic rings. The van der Waals surface area contributed by atoms with Crippen molar-refractivity contribution in [1.29, 1.82) is 0 Å². The standard InChI is InChI=1S/C9H10NO/c1-6-2-8(11)3-7-4-10-5-9(6)7/h2-3,11H,4-5H2,1H3. The molecule has 0 spiro atoms. The van der Waals surface area contributed by atoms with E-state index >= 15 is 0 Å². The number of aromatic hydroxyl groups is 1. The lowest BCUT2D eigenvalue weighted by Gasteiger charge is -2.02. The van der Waals surface area contributed by atoms with Crippen LogP contribution in [0.1, 0.15) is 16.7 Å². The Hall–Kier alpha value is -1.02. The van der Waals surface area contributed by atoms with Crippen LogP contribution in [0.2, 0.25) is 0 Å². The average Bonchev–Trinajstić information content (AvgIpc) is 2.34. The van der Waals surface area contributed by atoms with E-state index in [1.54, 1.807) is 12.1 Å². The number of hydrogen-bond acceptors (Lipinski definition) is 1. The maximum atomic E-state index is 9.24. The summed E-state index contributed by atoms with van der Waals surface area (Å²) in [6.45, 7) is 3.60.